The van der Waals surface area contributed by atoms with Crippen molar-refractivity contribution in [3.8, 4) is 0 Å². The van der Waals surface area contributed by atoms with E-state index < -0.39 is 0 Å². The summed E-state index contributed by atoms with van der Waals surface area (Å²) in [6.07, 6.45) is 1.97. The van der Waals surface area contributed by atoms with E-state index >= 15 is 0 Å². The molecule has 0 aliphatic carbocycles. The molecule has 0 aromatic heterocycles. The molecule has 1 radical (unpaired) electrons. The quantitative estimate of drug-likeness (QED) is 0.663. The Balaban J connectivity index is 2.28. The number of nitrogens with zero attached hydrogens (tertiary/aromatic N) is 1. The highest BCUT2D eigenvalue weighted by molar-refractivity contribution is 6.07. The summed E-state index contributed by atoms with van der Waals surface area (Å²) in [7, 11) is 0. The van der Waals surface area contributed by atoms with Gasteiger partial charge < -0.3 is 5.43 Å². The molecule has 0 amide bonds. The molecule has 0 fully saturated rings. The molecule has 2 nitrogen and oxygen atoms in total. The third kappa shape index (κ3) is 1.30. The molecular weight excluding hydrogens is 155 g/mol. The lowest BCUT2D eigenvalue weighted by molar-refractivity contribution is 0.628. The molecule has 0 saturated heterocycles. The molecule has 0 atom stereocenters. The molecule has 1 aliphatic rings. The molecule has 0 spiro atoms. The van der Waals surface area contributed by atoms with Gasteiger partial charge >= 0.3 is 0 Å². The number of rotatable bonds is 1. The van der Waals surface area contributed by atoms with Crippen LogP contribution in [0.25, 0.3) is 0 Å². The van der Waals surface area contributed by atoms with Gasteiger partial charge in [0, 0.05) is 13.0 Å². The molecule has 2 rings (SSSR count). The summed E-state index contributed by atoms with van der Waals surface area (Å²) in [5, 5.41) is 4.02. The van der Waals surface area contributed by atoms with Gasteiger partial charge in [-0.1, -0.05) is 12.1 Å². The maximum absolute atomic E-state index is 12.5. The van der Waals surface area contributed by atoms with Gasteiger partial charge in [-0.05, 0) is 17.7 Å². The lowest BCUT2D eigenvalue weighted by Crippen LogP contribution is -1.99. The van der Waals surface area contributed by atoms with Crippen LogP contribution in [-0.4, -0.2) is 12.3 Å². The second-order valence-electron chi connectivity index (χ2n) is 2.57. The molecule has 1 aromatic rings. The van der Waals surface area contributed by atoms with Crippen molar-refractivity contribution >= 4 is 5.71 Å². The van der Waals surface area contributed by atoms with Gasteiger partial charge in [-0.25, -0.2) is 4.39 Å². The van der Waals surface area contributed by atoms with Crippen molar-refractivity contribution in [2.45, 2.75) is 0 Å². The topological polar surface area (TPSA) is 24.4 Å². The average Bonchev–Trinajstić information content (AvgIpc) is 2.58. The monoisotopic (exact) mass is 163 g/mol. The van der Waals surface area contributed by atoms with Crippen LogP contribution in [0.1, 0.15) is 5.56 Å². The Bertz CT molecular complexity index is 303. The van der Waals surface area contributed by atoms with Crippen LogP contribution in [-0.2, 0) is 0 Å². The van der Waals surface area contributed by atoms with Gasteiger partial charge in [0.05, 0.1) is 5.71 Å². The van der Waals surface area contributed by atoms with Crippen molar-refractivity contribution in [1.82, 2.24) is 5.43 Å². The Morgan fingerprint density at radius 1 is 1.25 bits per heavy atom. The summed E-state index contributed by atoms with van der Waals surface area (Å²) in [5.74, 6) is -0.217. The first-order valence-electron chi connectivity index (χ1n) is 3.76. The van der Waals surface area contributed by atoms with Crippen LogP contribution in [0, 0.1) is 12.2 Å². The molecule has 0 bridgehead atoms. The van der Waals surface area contributed by atoms with E-state index in [0.29, 0.717) is 0 Å². The van der Waals surface area contributed by atoms with Crippen LogP contribution in [0.5, 0.6) is 0 Å². The molecule has 0 unspecified atom stereocenters. The van der Waals surface area contributed by atoms with Gasteiger partial charge in [-0.2, -0.15) is 5.10 Å². The number of hydrogen-bond donors (Lipinski definition) is 1. The maximum Gasteiger partial charge on any atom is 0.123 e. The third-order valence-electron chi connectivity index (χ3n) is 1.73. The zero-order chi connectivity index (χ0) is 8.39. The highest BCUT2D eigenvalue weighted by Crippen LogP contribution is 2.07. The summed E-state index contributed by atoms with van der Waals surface area (Å²) in [4.78, 5) is 0. The normalized spacial score (nSPS) is 15.6. The summed E-state index contributed by atoms with van der Waals surface area (Å²) in [6.45, 7) is 0.757. The molecule has 3 heteroatoms. The fourth-order valence-corrected chi connectivity index (χ4v) is 1.12. The highest BCUT2D eigenvalue weighted by atomic mass is 19.1. The summed E-state index contributed by atoms with van der Waals surface area (Å²) in [6, 6.07) is 6.31. The van der Waals surface area contributed by atoms with Gasteiger partial charge in [-0.15, -0.1) is 0 Å². The van der Waals surface area contributed by atoms with Crippen LogP contribution < -0.4 is 5.43 Å². The molecule has 0 saturated carbocycles. The third-order valence-corrected chi connectivity index (χ3v) is 1.73. The number of hydrazone groups is 1. The van der Waals surface area contributed by atoms with Crippen LogP contribution in [0.3, 0.4) is 0 Å². The highest BCUT2D eigenvalue weighted by Gasteiger charge is 2.08. The predicted molar refractivity (Wildman–Crippen MR) is 45.2 cm³/mol. The van der Waals surface area contributed by atoms with E-state index in [1.807, 2.05) is 6.42 Å². The van der Waals surface area contributed by atoms with Gasteiger partial charge in [0.2, 0.25) is 0 Å². The minimum Gasteiger partial charge on any atom is -0.309 e. The van der Waals surface area contributed by atoms with Crippen molar-refractivity contribution in [2.24, 2.45) is 5.10 Å². The standard InChI is InChI=1S/C9H8FN2/c10-8-3-1-7(2-4-8)9-5-6-11-12-9/h1-5,11H,6H2. The SMILES string of the molecule is Fc1ccc(C2=NNC[CH]2)cc1. The fourth-order valence-electron chi connectivity index (χ4n) is 1.12. The minimum absolute atomic E-state index is 0.217. The van der Waals surface area contributed by atoms with Crippen molar-refractivity contribution in [3.63, 3.8) is 0 Å². The van der Waals surface area contributed by atoms with E-state index in [-0.39, 0.29) is 5.82 Å². The number of hydrogen-bond acceptors (Lipinski definition) is 2. The van der Waals surface area contributed by atoms with Crippen LogP contribution in [0.2, 0.25) is 0 Å². The zero-order valence-electron chi connectivity index (χ0n) is 6.42. The average molecular weight is 163 g/mol. The van der Waals surface area contributed by atoms with E-state index in [1.54, 1.807) is 12.1 Å². The Labute approximate surface area is 70.1 Å². The lowest BCUT2D eigenvalue weighted by Gasteiger charge is -1.96. The number of nitrogens with one attached hydrogen (secondary N) is 1. The Morgan fingerprint density at radius 2 is 2.00 bits per heavy atom. The van der Waals surface area contributed by atoms with Crippen molar-refractivity contribution in [3.05, 3.63) is 42.1 Å². The van der Waals surface area contributed by atoms with E-state index in [1.165, 1.54) is 12.1 Å². The molecule has 1 heterocycles. The first-order chi connectivity index (χ1) is 5.86. The lowest BCUT2D eigenvalue weighted by atomic mass is 10.1. The van der Waals surface area contributed by atoms with E-state index in [0.717, 1.165) is 17.8 Å². The second kappa shape index (κ2) is 2.93. The van der Waals surface area contributed by atoms with E-state index in [2.05, 4.69) is 10.5 Å². The Hall–Kier alpha value is -1.38. The second-order valence-corrected chi connectivity index (χ2v) is 2.57. The molecule has 1 N–H and O–H groups in total. The van der Waals surface area contributed by atoms with Gasteiger partial charge in [0.25, 0.3) is 0 Å². The predicted octanol–water partition coefficient (Wildman–Crippen LogP) is 1.34. The minimum atomic E-state index is -0.217. The fraction of sp³-hybridized carbons (Fsp3) is 0.111. The molecule has 1 aromatic carbocycles. The largest absolute Gasteiger partial charge is 0.309 e. The van der Waals surface area contributed by atoms with Crippen molar-refractivity contribution < 1.29 is 4.39 Å². The first-order valence-corrected chi connectivity index (χ1v) is 3.76. The van der Waals surface area contributed by atoms with Crippen LogP contribution in [0.4, 0.5) is 4.39 Å². The van der Waals surface area contributed by atoms with Gasteiger partial charge in [0.15, 0.2) is 0 Å². The smallest absolute Gasteiger partial charge is 0.123 e. The first kappa shape index (κ1) is 7.28. The maximum atomic E-state index is 12.5. The zero-order valence-corrected chi connectivity index (χ0v) is 6.42. The number of halogens is 1. The van der Waals surface area contributed by atoms with Gasteiger partial charge in [-0.3, -0.25) is 0 Å². The Morgan fingerprint density at radius 3 is 2.58 bits per heavy atom. The number of benzene rings is 1. The summed E-state index contributed by atoms with van der Waals surface area (Å²) in [5.41, 5.74) is 4.65. The molecule has 61 valence electrons. The molecule has 1 aliphatic heterocycles. The summed E-state index contributed by atoms with van der Waals surface area (Å²) < 4.78 is 12.5. The van der Waals surface area contributed by atoms with E-state index in [4.69, 9.17) is 0 Å². The summed E-state index contributed by atoms with van der Waals surface area (Å²) >= 11 is 0. The molecule has 12 heavy (non-hydrogen) atoms. The van der Waals surface area contributed by atoms with Crippen molar-refractivity contribution in [1.29, 1.82) is 0 Å². The van der Waals surface area contributed by atoms with E-state index in [9.17, 15) is 4.39 Å². The van der Waals surface area contributed by atoms with Crippen LogP contribution >= 0.6 is 0 Å². The Kier molecular flexibility index (Phi) is 1.78. The molecular formula is C9H8FN2. The van der Waals surface area contributed by atoms with Crippen molar-refractivity contribution in [2.75, 3.05) is 6.54 Å². The van der Waals surface area contributed by atoms with Gasteiger partial charge in [0.1, 0.15) is 5.82 Å². The van der Waals surface area contributed by atoms with Crippen LogP contribution in [0.15, 0.2) is 29.4 Å².